The van der Waals surface area contributed by atoms with Gasteiger partial charge in [-0.1, -0.05) is 67.6 Å². The van der Waals surface area contributed by atoms with Crippen molar-refractivity contribution in [1.82, 2.24) is 40.2 Å². The van der Waals surface area contributed by atoms with Gasteiger partial charge in [0, 0.05) is 58.7 Å². The van der Waals surface area contributed by atoms with Crippen molar-refractivity contribution in [2.24, 2.45) is 11.8 Å². The summed E-state index contributed by atoms with van der Waals surface area (Å²) in [5.41, 5.74) is 10.3. The smallest absolute Gasteiger partial charge is 0.325 e. The number of pyridine rings is 2. The van der Waals surface area contributed by atoms with Crippen LogP contribution < -0.4 is 31.1 Å². The molecule has 2 aliphatic heterocycles. The Morgan fingerprint density at radius 3 is 1.82 bits per heavy atom. The van der Waals surface area contributed by atoms with E-state index < -0.39 is 65.7 Å². The Balaban J connectivity index is 0.957. The van der Waals surface area contributed by atoms with Crippen LogP contribution in [0, 0.1) is 11.8 Å². The number of carbonyl (C=O) groups is 6. The molecule has 2 fully saturated rings. The molecule has 6 atom stereocenters. The van der Waals surface area contributed by atoms with Crippen LogP contribution in [0.15, 0.2) is 127 Å². The molecule has 0 aliphatic carbocycles. The Morgan fingerprint density at radius 2 is 1.27 bits per heavy atom. The molecule has 1 unspecified atom stereocenters. The topological polar surface area (TPSA) is 212 Å². The second kappa shape index (κ2) is 21.8. The van der Waals surface area contributed by atoms with E-state index in [-0.39, 0.29) is 24.7 Å². The minimum absolute atomic E-state index is 0.197. The fraction of sp³-hybridized carbons (Fsp3) is 0.327. The van der Waals surface area contributed by atoms with Crippen LogP contribution in [0.4, 0.5) is 32.6 Å². The Labute approximate surface area is 416 Å². The summed E-state index contributed by atoms with van der Waals surface area (Å²) >= 11 is 1.43. The molecule has 0 radical (unpaired) electrons. The van der Waals surface area contributed by atoms with Crippen LogP contribution in [-0.4, -0.2) is 106 Å². The number of benzene rings is 2. The number of thiophene rings is 1. The molecule has 4 N–H and O–H groups in total. The van der Waals surface area contributed by atoms with Gasteiger partial charge in [-0.25, -0.2) is 19.6 Å². The number of likely N-dealkylation sites (N-methyl/N-ethyl adjacent to an activating group) is 2. The predicted octanol–water partition coefficient (Wildman–Crippen LogP) is 6.24. The van der Waals surface area contributed by atoms with Gasteiger partial charge in [0.05, 0.1) is 41.5 Å². The first kappa shape index (κ1) is 49.5. The van der Waals surface area contributed by atoms with Gasteiger partial charge >= 0.3 is 12.1 Å². The fourth-order valence-electron chi connectivity index (χ4n) is 9.23. The number of carbonyl (C=O) groups excluding carboxylic acids is 6. The number of amides is 8. The van der Waals surface area contributed by atoms with Crippen molar-refractivity contribution < 1.29 is 28.8 Å². The maximum absolute atomic E-state index is 14.5. The summed E-state index contributed by atoms with van der Waals surface area (Å²) in [4.78, 5) is 99.9. The van der Waals surface area contributed by atoms with E-state index in [2.05, 4.69) is 25.7 Å². The molecule has 0 saturated carbocycles. The summed E-state index contributed by atoms with van der Waals surface area (Å²) in [5.74, 6) is -2.38. The van der Waals surface area contributed by atoms with Crippen LogP contribution in [0.3, 0.4) is 0 Å². The van der Waals surface area contributed by atoms with Gasteiger partial charge in [-0.05, 0) is 90.1 Å². The molecule has 18 nitrogen and oxygen atoms in total. The molecule has 6 aromatic rings. The molecular formula is C52H58N12O6S. The molecular weight excluding hydrogens is 921 g/mol. The van der Waals surface area contributed by atoms with E-state index in [1.807, 2.05) is 103 Å². The average Bonchev–Trinajstić information content (AvgIpc) is 4.10. The molecule has 2 aromatic carbocycles. The summed E-state index contributed by atoms with van der Waals surface area (Å²) in [6, 6.07) is 23.3. The van der Waals surface area contributed by atoms with Crippen molar-refractivity contribution in [3.63, 3.8) is 0 Å². The van der Waals surface area contributed by atoms with Crippen molar-refractivity contribution in [2.75, 3.05) is 48.6 Å². The Kier molecular flexibility index (Phi) is 15.2. The fourth-order valence-corrected chi connectivity index (χ4v) is 9.90. The molecule has 0 bridgehead atoms. The van der Waals surface area contributed by atoms with Crippen LogP contribution in [0.1, 0.15) is 60.5 Å². The Hall–Kier alpha value is -7.93. The van der Waals surface area contributed by atoms with Gasteiger partial charge in [-0.2, -0.15) is 16.4 Å². The lowest BCUT2D eigenvalue weighted by Gasteiger charge is -2.46. The monoisotopic (exact) mass is 978 g/mol. The molecule has 0 spiro atoms. The Bertz CT molecular complexity index is 2860. The first-order valence-electron chi connectivity index (χ1n) is 23.5. The van der Waals surface area contributed by atoms with Gasteiger partial charge < -0.3 is 31.1 Å². The van der Waals surface area contributed by atoms with E-state index in [1.54, 1.807) is 67.8 Å². The molecule has 368 valence electrons. The highest BCUT2D eigenvalue weighted by Gasteiger charge is 2.57. The first-order chi connectivity index (χ1) is 34.2. The maximum Gasteiger partial charge on any atom is 0.325 e. The molecule has 71 heavy (non-hydrogen) atoms. The number of likely N-dealkylation sites (tertiary alicyclic amines) is 2. The van der Waals surface area contributed by atoms with Gasteiger partial charge in [-0.3, -0.25) is 33.7 Å². The van der Waals surface area contributed by atoms with E-state index in [0.29, 0.717) is 43.0 Å². The summed E-state index contributed by atoms with van der Waals surface area (Å²) in [7, 11) is 6.96. The number of hydrogen-bond acceptors (Lipinski definition) is 12. The summed E-state index contributed by atoms with van der Waals surface area (Å²) < 4.78 is 1.69. The zero-order valence-electron chi connectivity index (χ0n) is 40.3. The quantitative estimate of drug-likeness (QED) is 0.0821. The lowest BCUT2D eigenvalue weighted by Crippen LogP contribution is -2.70. The first-order valence-corrected chi connectivity index (χ1v) is 24.5. The number of hydrogen-bond donors (Lipinski definition) is 3. The SMILES string of the molecule is CCC(NC(=O)N1C(=O)[C@H](Cc2ccnc(N(C)C)c2)[C@H]1C(=O)N(C)c1cnn(CCC[C@@H](NC(=O)N2C(=O)[C@H](Cc3ccnc(N)c3)[C@H]2C(=O)N(C)c2ccsc2)c2ccccc2)c1)c1ccccc1. The molecule has 19 heteroatoms. The van der Waals surface area contributed by atoms with Crippen LogP contribution in [-0.2, 0) is 38.6 Å². The third-order valence-electron chi connectivity index (χ3n) is 13.2. The highest BCUT2D eigenvalue weighted by Crippen LogP contribution is 2.36. The van der Waals surface area contributed by atoms with Crippen LogP contribution in [0.2, 0.25) is 0 Å². The lowest BCUT2D eigenvalue weighted by atomic mass is 9.81. The maximum atomic E-state index is 14.5. The Morgan fingerprint density at radius 1 is 0.718 bits per heavy atom. The van der Waals surface area contributed by atoms with E-state index in [4.69, 9.17) is 5.73 Å². The number of aromatic nitrogens is 4. The molecule has 2 aliphatic rings. The van der Waals surface area contributed by atoms with Gasteiger partial charge in [-0.15, -0.1) is 0 Å². The second-order valence-electron chi connectivity index (χ2n) is 18.0. The van der Waals surface area contributed by atoms with Crippen LogP contribution in [0.5, 0.6) is 0 Å². The van der Waals surface area contributed by atoms with Gasteiger partial charge in [0.1, 0.15) is 23.7 Å². The molecule has 2 saturated heterocycles. The number of imide groups is 2. The van der Waals surface area contributed by atoms with E-state index in [9.17, 15) is 28.8 Å². The van der Waals surface area contributed by atoms with Crippen molar-refractivity contribution in [1.29, 1.82) is 0 Å². The number of urea groups is 2. The van der Waals surface area contributed by atoms with Crippen LogP contribution >= 0.6 is 11.3 Å². The molecule has 8 rings (SSSR count). The number of nitrogen functional groups attached to an aromatic ring is 1. The highest BCUT2D eigenvalue weighted by molar-refractivity contribution is 7.08. The molecule has 8 amide bonds. The minimum Gasteiger partial charge on any atom is -0.384 e. The number of nitrogens with zero attached hydrogens (tertiary/aromatic N) is 9. The number of nitrogens with two attached hydrogens (primary N) is 1. The summed E-state index contributed by atoms with van der Waals surface area (Å²) in [5, 5.41) is 14.3. The van der Waals surface area contributed by atoms with Crippen molar-refractivity contribution in [3.8, 4) is 0 Å². The second-order valence-corrected chi connectivity index (χ2v) is 18.8. The number of rotatable bonds is 18. The number of β-lactam (4-membered cyclic amide) rings is 2. The van der Waals surface area contributed by atoms with Crippen molar-refractivity contribution >= 4 is 70.0 Å². The standard InChI is InChI=1S/C52H58N12O6S/c1-6-41(35-14-9-7-10-15-35)57-51(69)63-46(40(48(63)66)27-34-20-23-55-44(29-34)59(2)3)50(68)61(5)38-30-56-62(31-38)24-13-18-42(36-16-11-8-12-17-36)58-52(70)64-45(49(67)60(4)37-21-25-71-32-37)39(47(64)65)26-33-19-22-54-43(53)28-33/h7-12,14-17,19-23,25,28-32,39-42,45-46H,6,13,18,24,26-27H2,1-5H3,(H2,53,54)(H,57,69)(H,58,70)/t39-,40-,41?,42-,45+,46+/m1/s1. The van der Waals surface area contributed by atoms with E-state index in [1.165, 1.54) is 21.1 Å². The highest BCUT2D eigenvalue weighted by atomic mass is 32.1. The predicted molar refractivity (Wildman–Crippen MR) is 271 cm³/mol. The van der Waals surface area contributed by atoms with E-state index >= 15 is 0 Å². The molecule has 4 aromatic heterocycles. The third-order valence-corrected chi connectivity index (χ3v) is 13.9. The lowest BCUT2D eigenvalue weighted by molar-refractivity contribution is -0.156. The number of nitrogens with one attached hydrogen (secondary N) is 2. The zero-order chi connectivity index (χ0) is 50.3. The number of aryl methyl sites for hydroxylation is 1. The van der Waals surface area contributed by atoms with Gasteiger partial charge in [0.15, 0.2) is 0 Å². The average molecular weight is 979 g/mol. The minimum atomic E-state index is -1.09. The summed E-state index contributed by atoms with van der Waals surface area (Å²) in [6.45, 7) is 2.33. The number of anilines is 4. The summed E-state index contributed by atoms with van der Waals surface area (Å²) in [6.07, 6.45) is 8.41. The van der Waals surface area contributed by atoms with Gasteiger partial charge in [0.2, 0.25) is 11.8 Å². The third kappa shape index (κ3) is 10.8. The largest absolute Gasteiger partial charge is 0.384 e. The van der Waals surface area contributed by atoms with E-state index in [0.717, 1.165) is 32.1 Å². The normalized spacial score (nSPS) is 18.2. The zero-order valence-corrected chi connectivity index (χ0v) is 41.1. The van der Waals surface area contributed by atoms with Crippen molar-refractivity contribution in [3.05, 3.63) is 149 Å². The molecule has 6 heterocycles. The van der Waals surface area contributed by atoms with Gasteiger partial charge in [0.25, 0.3) is 11.8 Å². The van der Waals surface area contributed by atoms with Crippen LogP contribution in [0.25, 0.3) is 0 Å². The van der Waals surface area contributed by atoms with Crippen molar-refractivity contribution in [2.45, 2.75) is 69.7 Å².